The largest absolute Gasteiger partial charge is 0.421 e. The highest BCUT2D eigenvalue weighted by atomic mass is 19.4. The van der Waals surface area contributed by atoms with E-state index in [2.05, 4.69) is 15.3 Å². The quantitative estimate of drug-likeness (QED) is 0.785. The Bertz CT molecular complexity index is 434. The van der Waals surface area contributed by atoms with E-state index < -0.39 is 17.6 Å². The Morgan fingerprint density at radius 3 is 2.78 bits per heavy atom. The first-order valence-electron chi connectivity index (χ1n) is 5.56. The topological polar surface area (TPSA) is 67.1 Å². The zero-order valence-corrected chi connectivity index (χ0v) is 9.83. The number of piperazine rings is 1. The van der Waals surface area contributed by atoms with E-state index in [1.165, 1.54) is 0 Å². The summed E-state index contributed by atoms with van der Waals surface area (Å²) in [6, 6.07) is 0.242. The summed E-state index contributed by atoms with van der Waals surface area (Å²) in [5, 5.41) is 3.22. The van der Waals surface area contributed by atoms with E-state index >= 15 is 0 Å². The van der Waals surface area contributed by atoms with E-state index in [0.717, 1.165) is 12.7 Å². The molecule has 1 fully saturated rings. The molecule has 0 spiro atoms. The number of alkyl halides is 3. The number of hydrogen-bond acceptors (Lipinski definition) is 5. The van der Waals surface area contributed by atoms with Crippen molar-refractivity contribution in [3.63, 3.8) is 0 Å². The Hall–Kier alpha value is -1.57. The lowest BCUT2D eigenvalue weighted by Crippen LogP contribution is -2.49. The maximum atomic E-state index is 12.5. The van der Waals surface area contributed by atoms with E-state index in [-0.39, 0.29) is 12.0 Å². The van der Waals surface area contributed by atoms with Gasteiger partial charge >= 0.3 is 6.18 Å². The van der Waals surface area contributed by atoms with E-state index in [1.807, 2.05) is 11.8 Å². The van der Waals surface area contributed by atoms with Crippen molar-refractivity contribution in [3.05, 3.63) is 11.8 Å². The van der Waals surface area contributed by atoms with Crippen molar-refractivity contribution in [2.24, 2.45) is 0 Å². The van der Waals surface area contributed by atoms with E-state index in [9.17, 15) is 13.2 Å². The lowest BCUT2D eigenvalue weighted by Gasteiger charge is -2.32. The number of aromatic nitrogens is 2. The second-order valence-electron chi connectivity index (χ2n) is 4.27. The van der Waals surface area contributed by atoms with Crippen molar-refractivity contribution >= 4 is 11.8 Å². The fourth-order valence-corrected chi connectivity index (χ4v) is 1.87. The summed E-state index contributed by atoms with van der Waals surface area (Å²) in [6.07, 6.45) is -3.77. The summed E-state index contributed by atoms with van der Waals surface area (Å²) in [5.41, 5.74) is 4.34. The molecule has 0 bridgehead atoms. The molecule has 1 aromatic rings. The van der Waals surface area contributed by atoms with Gasteiger partial charge in [0.15, 0.2) is 0 Å². The van der Waals surface area contributed by atoms with Gasteiger partial charge in [0, 0.05) is 31.9 Å². The average molecular weight is 261 g/mol. The van der Waals surface area contributed by atoms with Crippen LogP contribution in [0.15, 0.2) is 6.20 Å². The molecule has 1 aliphatic heterocycles. The minimum absolute atomic E-state index is 0.242. The van der Waals surface area contributed by atoms with Crippen molar-refractivity contribution in [2.75, 3.05) is 30.3 Å². The van der Waals surface area contributed by atoms with Gasteiger partial charge in [-0.25, -0.2) is 4.98 Å². The van der Waals surface area contributed by atoms with Crippen molar-refractivity contribution in [1.29, 1.82) is 0 Å². The Labute approximate surface area is 102 Å². The molecule has 1 aliphatic rings. The summed E-state index contributed by atoms with van der Waals surface area (Å²) in [4.78, 5) is 9.31. The zero-order valence-electron chi connectivity index (χ0n) is 9.83. The number of nitrogen functional groups attached to an aromatic ring is 1. The van der Waals surface area contributed by atoms with Crippen LogP contribution in [0.3, 0.4) is 0 Å². The van der Waals surface area contributed by atoms with Crippen LogP contribution in [-0.4, -0.2) is 35.6 Å². The predicted molar refractivity (Wildman–Crippen MR) is 61.1 cm³/mol. The van der Waals surface area contributed by atoms with Gasteiger partial charge in [-0.15, -0.1) is 0 Å². The molecule has 18 heavy (non-hydrogen) atoms. The van der Waals surface area contributed by atoms with E-state index in [1.54, 1.807) is 0 Å². The lowest BCUT2D eigenvalue weighted by molar-refractivity contribution is -0.137. The molecule has 1 saturated heterocycles. The van der Waals surface area contributed by atoms with Crippen LogP contribution in [0.2, 0.25) is 0 Å². The molecule has 0 aliphatic carbocycles. The second-order valence-corrected chi connectivity index (χ2v) is 4.27. The molecule has 2 heterocycles. The van der Waals surface area contributed by atoms with Crippen LogP contribution in [0.25, 0.3) is 0 Å². The summed E-state index contributed by atoms with van der Waals surface area (Å²) in [5.74, 6) is -0.285. The maximum absolute atomic E-state index is 12.5. The number of halogens is 3. The van der Waals surface area contributed by atoms with Crippen LogP contribution >= 0.6 is 0 Å². The molecule has 1 aromatic heterocycles. The molecule has 0 radical (unpaired) electrons. The smallest absolute Gasteiger partial charge is 0.383 e. The molecule has 3 N–H and O–H groups in total. The zero-order chi connectivity index (χ0) is 13.3. The predicted octanol–water partition coefficient (Wildman–Crippen LogP) is 0.876. The van der Waals surface area contributed by atoms with Gasteiger partial charge in [-0.3, -0.25) is 0 Å². The minimum Gasteiger partial charge on any atom is -0.383 e. The second kappa shape index (κ2) is 4.60. The molecule has 2 rings (SSSR count). The number of rotatable bonds is 1. The summed E-state index contributed by atoms with van der Waals surface area (Å²) in [6.45, 7) is 4.02. The molecule has 0 amide bonds. The Kier molecular flexibility index (Phi) is 3.29. The monoisotopic (exact) mass is 261 g/mol. The van der Waals surface area contributed by atoms with Crippen LogP contribution in [0.4, 0.5) is 24.9 Å². The normalized spacial score (nSPS) is 21.1. The van der Waals surface area contributed by atoms with E-state index in [0.29, 0.717) is 13.1 Å². The Morgan fingerprint density at radius 2 is 2.22 bits per heavy atom. The third-order valence-electron chi connectivity index (χ3n) is 2.76. The number of nitrogens with two attached hydrogens (primary N) is 1. The minimum atomic E-state index is -4.51. The van der Waals surface area contributed by atoms with Crippen LogP contribution in [-0.2, 0) is 6.18 Å². The Balaban J connectivity index is 2.23. The van der Waals surface area contributed by atoms with Gasteiger partial charge in [-0.2, -0.15) is 18.2 Å². The highest BCUT2D eigenvalue weighted by Crippen LogP contribution is 2.32. The number of nitrogens with zero attached hydrogens (tertiary/aromatic N) is 3. The molecule has 5 nitrogen and oxygen atoms in total. The molecule has 0 aromatic carbocycles. The van der Waals surface area contributed by atoms with Gasteiger partial charge in [0.1, 0.15) is 11.4 Å². The van der Waals surface area contributed by atoms with Gasteiger partial charge in [0.05, 0.1) is 0 Å². The molecule has 1 atom stereocenters. The van der Waals surface area contributed by atoms with Crippen LogP contribution in [0, 0.1) is 0 Å². The van der Waals surface area contributed by atoms with Crippen molar-refractivity contribution in [3.8, 4) is 0 Å². The fraction of sp³-hybridized carbons (Fsp3) is 0.600. The van der Waals surface area contributed by atoms with Gasteiger partial charge < -0.3 is 16.0 Å². The Morgan fingerprint density at radius 1 is 1.50 bits per heavy atom. The molecular weight excluding hydrogens is 247 g/mol. The summed E-state index contributed by atoms with van der Waals surface area (Å²) in [7, 11) is 0. The van der Waals surface area contributed by atoms with Crippen molar-refractivity contribution < 1.29 is 13.2 Å². The van der Waals surface area contributed by atoms with Gasteiger partial charge in [-0.1, -0.05) is 0 Å². The number of anilines is 2. The van der Waals surface area contributed by atoms with Crippen LogP contribution in [0.5, 0.6) is 0 Å². The van der Waals surface area contributed by atoms with Gasteiger partial charge in [-0.05, 0) is 6.92 Å². The fourth-order valence-electron chi connectivity index (χ4n) is 1.87. The highest BCUT2D eigenvalue weighted by molar-refractivity contribution is 5.46. The standard InChI is InChI=1S/C10H14F3N5/c1-6-5-18(3-2-15-6)9-16-4-7(8(14)17-9)10(11,12)13/h4,6,15H,2-3,5H2,1H3,(H2,14,16,17)/t6-/m1/s1. The van der Waals surface area contributed by atoms with Gasteiger partial charge in [0.25, 0.3) is 0 Å². The number of hydrogen-bond donors (Lipinski definition) is 2. The van der Waals surface area contributed by atoms with Crippen molar-refractivity contribution in [2.45, 2.75) is 19.1 Å². The first kappa shape index (κ1) is 12.9. The molecule has 0 saturated carbocycles. The van der Waals surface area contributed by atoms with Crippen LogP contribution in [0.1, 0.15) is 12.5 Å². The first-order chi connectivity index (χ1) is 8.38. The maximum Gasteiger partial charge on any atom is 0.421 e. The molecule has 100 valence electrons. The SMILES string of the molecule is C[C@@H]1CN(c2ncc(C(F)(F)F)c(N)n2)CCN1. The third-order valence-corrected chi connectivity index (χ3v) is 2.76. The van der Waals surface area contributed by atoms with Crippen LogP contribution < -0.4 is 16.0 Å². The number of nitrogens with one attached hydrogen (secondary N) is 1. The lowest BCUT2D eigenvalue weighted by atomic mass is 10.2. The van der Waals surface area contributed by atoms with Gasteiger partial charge in [0.2, 0.25) is 5.95 Å². The summed E-state index contributed by atoms with van der Waals surface area (Å²) >= 11 is 0. The van der Waals surface area contributed by atoms with E-state index in [4.69, 9.17) is 5.73 Å². The molecule has 0 unspecified atom stereocenters. The van der Waals surface area contributed by atoms with Crippen molar-refractivity contribution in [1.82, 2.24) is 15.3 Å². The highest BCUT2D eigenvalue weighted by Gasteiger charge is 2.34. The third kappa shape index (κ3) is 2.63. The first-order valence-corrected chi connectivity index (χ1v) is 5.56. The average Bonchev–Trinajstić information content (AvgIpc) is 2.27. The summed E-state index contributed by atoms with van der Waals surface area (Å²) < 4.78 is 37.5. The molecular formula is C10H14F3N5. The molecule has 8 heteroatoms.